The first kappa shape index (κ1) is 10.0. The van der Waals surface area contributed by atoms with E-state index in [0.29, 0.717) is 16.9 Å². The number of pyridine rings is 1. The van der Waals surface area contributed by atoms with Crippen molar-refractivity contribution in [2.75, 3.05) is 5.73 Å². The van der Waals surface area contributed by atoms with Gasteiger partial charge in [0.05, 0.1) is 12.8 Å². The van der Waals surface area contributed by atoms with Gasteiger partial charge >= 0.3 is 0 Å². The van der Waals surface area contributed by atoms with E-state index in [2.05, 4.69) is 15.9 Å². The third-order valence-corrected chi connectivity index (χ3v) is 2.40. The van der Waals surface area contributed by atoms with Gasteiger partial charge in [-0.15, -0.1) is 0 Å². The van der Waals surface area contributed by atoms with Gasteiger partial charge in [-0.05, 0) is 28.1 Å². The van der Waals surface area contributed by atoms with Crippen LogP contribution in [0.4, 0.5) is 5.69 Å². The Kier molecular flexibility index (Phi) is 2.64. The SMILES string of the molecule is Nc1ccc(=O)n(Cc2coc(Br)c2)c1. The highest BCUT2D eigenvalue weighted by Crippen LogP contribution is 2.14. The Morgan fingerprint density at radius 1 is 1.47 bits per heavy atom. The number of hydrogen-bond acceptors (Lipinski definition) is 3. The number of anilines is 1. The smallest absolute Gasteiger partial charge is 0.250 e. The number of nitrogens with zero attached hydrogens (tertiary/aromatic N) is 1. The summed E-state index contributed by atoms with van der Waals surface area (Å²) in [6.07, 6.45) is 3.21. The van der Waals surface area contributed by atoms with Crippen molar-refractivity contribution in [2.24, 2.45) is 0 Å². The summed E-state index contributed by atoms with van der Waals surface area (Å²) in [5.74, 6) is 0. The van der Waals surface area contributed by atoms with Crippen LogP contribution in [-0.4, -0.2) is 4.57 Å². The van der Waals surface area contributed by atoms with Gasteiger partial charge in [0, 0.05) is 23.5 Å². The van der Waals surface area contributed by atoms with Crippen molar-refractivity contribution >= 4 is 21.6 Å². The molecular formula is C10H9BrN2O2. The second-order valence-corrected chi connectivity index (χ2v) is 3.97. The average molecular weight is 269 g/mol. The summed E-state index contributed by atoms with van der Waals surface area (Å²) < 4.78 is 7.26. The van der Waals surface area contributed by atoms with E-state index < -0.39 is 0 Å². The monoisotopic (exact) mass is 268 g/mol. The molecule has 0 radical (unpaired) electrons. The van der Waals surface area contributed by atoms with E-state index in [0.717, 1.165) is 5.56 Å². The summed E-state index contributed by atoms with van der Waals surface area (Å²) in [7, 11) is 0. The third-order valence-electron chi connectivity index (χ3n) is 1.98. The molecule has 2 aromatic heterocycles. The fourth-order valence-electron chi connectivity index (χ4n) is 1.30. The number of furan rings is 1. The number of aromatic nitrogens is 1. The minimum Gasteiger partial charge on any atom is -0.457 e. The van der Waals surface area contributed by atoms with Crippen LogP contribution in [0, 0.1) is 0 Å². The van der Waals surface area contributed by atoms with Crippen LogP contribution in [0.15, 0.2) is 44.5 Å². The van der Waals surface area contributed by atoms with E-state index in [1.807, 2.05) is 6.07 Å². The second-order valence-electron chi connectivity index (χ2n) is 3.19. The van der Waals surface area contributed by atoms with Crippen LogP contribution < -0.4 is 11.3 Å². The van der Waals surface area contributed by atoms with Crippen molar-refractivity contribution in [3.05, 3.63) is 51.2 Å². The molecule has 78 valence electrons. The summed E-state index contributed by atoms with van der Waals surface area (Å²) in [4.78, 5) is 11.4. The van der Waals surface area contributed by atoms with Gasteiger partial charge in [0.1, 0.15) is 0 Å². The molecule has 0 aromatic carbocycles. The van der Waals surface area contributed by atoms with Crippen LogP contribution in [-0.2, 0) is 6.54 Å². The molecule has 0 fully saturated rings. The van der Waals surface area contributed by atoms with Crippen molar-refractivity contribution in [1.29, 1.82) is 0 Å². The fraction of sp³-hybridized carbons (Fsp3) is 0.100. The molecule has 15 heavy (non-hydrogen) atoms. The van der Waals surface area contributed by atoms with Crippen LogP contribution in [0.3, 0.4) is 0 Å². The highest BCUT2D eigenvalue weighted by molar-refractivity contribution is 9.10. The maximum absolute atomic E-state index is 11.4. The normalized spacial score (nSPS) is 10.5. The highest BCUT2D eigenvalue weighted by Gasteiger charge is 2.01. The lowest BCUT2D eigenvalue weighted by atomic mass is 10.3. The predicted octanol–water partition coefficient (Wildman–Crippen LogP) is 1.83. The standard InChI is InChI=1S/C10H9BrN2O2/c11-9-3-7(6-15-9)4-13-5-8(12)1-2-10(13)14/h1-3,5-6H,4,12H2. The maximum Gasteiger partial charge on any atom is 0.250 e. The summed E-state index contributed by atoms with van der Waals surface area (Å²) in [6.45, 7) is 0.457. The molecule has 2 N–H and O–H groups in total. The number of halogens is 1. The zero-order valence-electron chi connectivity index (χ0n) is 7.81. The first-order chi connectivity index (χ1) is 7.15. The number of hydrogen-bond donors (Lipinski definition) is 1. The average Bonchev–Trinajstić information content (AvgIpc) is 2.58. The van der Waals surface area contributed by atoms with E-state index in [1.165, 1.54) is 10.6 Å². The lowest BCUT2D eigenvalue weighted by Gasteiger charge is -2.03. The van der Waals surface area contributed by atoms with Crippen molar-refractivity contribution in [3.63, 3.8) is 0 Å². The molecule has 2 aromatic rings. The minimum absolute atomic E-state index is 0.0819. The molecule has 0 aliphatic heterocycles. The third kappa shape index (κ3) is 2.30. The van der Waals surface area contributed by atoms with Crippen LogP contribution in [0.5, 0.6) is 0 Å². The Bertz CT molecular complexity index is 530. The fourth-order valence-corrected chi connectivity index (χ4v) is 1.69. The summed E-state index contributed by atoms with van der Waals surface area (Å²) >= 11 is 3.20. The van der Waals surface area contributed by atoms with Crippen LogP contribution in [0.25, 0.3) is 0 Å². The Labute approximate surface area is 94.4 Å². The van der Waals surface area contributed by atoms with Crippen LogP contribution in [0.1, 0.15) is 5.56 Å². The van der Waals surface area contributed by atoms with E-state index in [9.17, 15) is 4.79 Å². The molecule has 0 aliphatic rings. The predicted molar refractivity (Wildman–Crippen MR) is 60.6 cm³/mol. The lowest BCUT2D eigenvalue weighted by Crippen LogP contribution is -2.19. The van der Waals surface area contributed by atoms with E-state index >= 15 is 0 Å². The number of nitrogen functional groups attached to an aromatic ring is 1. The van der Waals surface area contributed by atoms with Gasteiger partial charge in [0.15, 0.2) is 4.67 Å². The minimum atomic E-state index is -0.0819. The van der Waals surface area contributed by atoms with E-state index in [-0.39, 0.29) is 5.56 Å². The Balaban J connectivity index is 2.31. The van der Waals surface area contributed by atoms with E-state index in [4.69, 9.17) is 10.2 Å². The second kappa shape index (κ2) is 3.94. The van der Waals surface area contributed by atoms with Gasteiger partial charge in [-0.1, -0.05) is 0 Å². The maximum atomic E-state index is 11.4. The first-order valence-electron chi connectivity index (χ1n) is 4.34. The summed E-state index contributed by atoms with van der Waals surface area (Å²) in [6, 6.07) is 4.85. The molecule has 0 unspecified atom stereocenters. The summed E-state index contributed by atoms with van der Waals surface area (Å²) in [5.41, 5.74) is 6.99. The zero-order valence-corrected chi connectivity index (χ0v) is 9.40. The molecule has 0 spiro atoms. The highest BCUT2D eigenvalue weighted by atomic mass is 79.9. The molecule has 0 saturated carbocycles. The van der Waals surface area contributed by atoms with Crippen LogP contribution >= 0.6 is 15.9 Å². The molecule has 0 amide bonds. The molecule has 4 nitrogen and oxygen atoms in total. The zero-order chi connectivity index (χ0) is 10.8. The lowest BCUT2D eigenvalue weighted by molar-refractivity contribution is 0.537. The largest absolute Gasteiger partial charge is 0.457 e. The van der Waals surface area contributed by atoms with Crippen LogP contribution in [0.2, 0.25) is 0 Å². The molecule has 0 saturated heterocycles. The quantitative estimate of drug-likeness (QED) is 0.904. The number of rotatable bonds is 2. The van der Waals surface area contributed by atoms with Gasteiger partial charge in [-0.3, -0.25) is 4.79 Å². The van der Waals surface area contributed by atoms with Gasteiger partial charge in [0.2, 0.25) is 0 Å². The van der Waals surface area contributed by atoms with Gasteiger partial charge in [0.25, 0.3) is 5.56 Å². The molecule has 0 atom stereocenters. The summed E-state index contributed by atoms with van der Waals surface area (Å²) in [5, 5.41) is 0. The van der Waals surface area contributed by atoms with Gasteiger partial charge in [-0.25, -0.2) is 0 Å². The number of nitrogens with two attached hydrogens (primary N) is 1. The Hall–Kier alpha value is -1.49. The molecule has 2 heterocycles. The first-order valence-corrected chi connectivity index (χ1v) is 5.13. The molecule has 5 heteroatoms. The molecule has 0 aliphatic carbocycles. The van der Waals surface area contributed by atoms with Crippen molar-refractivity contribution in [3.8, 4) is 0 Å². The molecular weight excluding hydrogens is 260 g/mol. The van der Waals surface area contributed by atoms with Crippen molar-refractivity contribution in [1.82, 2.24) is 4.57 Å². The topological polar surface area (TPSA) is 61.2 Å². The Morgan fingerprint density at radius 2 is 2.27 bits per heavy atom. The Morgan fingerprint density at radius 3 is 2.93 bits per heavy atom. The van der Waals surface area contributed by atoms with Gasteiger partial charge < -0.3 is 14.7 Å². The molecule has 0 bridgehead atoms. The van der Waals surface area contributed by atoms with Gasteiger partial charge in [-0.2, -0.15) is 0 Å². The van der Waals surface area contributed by atoms with Crippen molar-refractivity contribution in [2.45, 2.75) is 6.54 Å². The molecule has 2 rings (SSSR count). The van der Waals surface area contributed by atoms with Crippen molar-refractivity contribution < 1.29 is 4.42 Å². The van der Waals surface area contributed by atoms with E-state index in [1.54, 1.807) is 18.5 Å².